The molecule has 1 aliphatic carbocycles. The van der Waals surface area contributed by atoms with Crippen LogP contribution in [0, 0.1) is 29.1 Å². The summed E-state index contributed by atoms with van der Waals surface area (Å²) in [7, 11) is 3.00. The lowest BCUT2D eigenvalue weighted by Gasteiger charge is -2.26. The maximum absolute atomic E-state index is 13.2. The van der Waals surface area contributed by atoms with Gasteiger partial charge < -0.3 is 14.6 Å². The summed E-state index contributed by atoms with van der Waals surface area (Å²) in [5.41, 5.74) is -0.642. The van der Waals surface area contributed by atoms with E-state index in [1.807, 2.05) is 38.1 Å². The van der Waals surface area contributed by atoms with Crippen LogP contribution in [0.25, 0.3) is 10.1 Å². The number of methoxy groups -OCH3 is 2. The van der Waals surface area contributed by atoms with E-state index in [9.17, 15) is 14.7 Å². The Morgan fingerprint density at radius 3 is 2.72 bits per heavy atom. The van der Waals surface area contributed by atoms with E-state index in [0.29, 0.717) is 38.5 Å². The zero-order valence-corrected chi connectivity index (χ0v) is 23.0. The molecule has 1 aliphatic rings. The maximum Gasteiger partial charge on any atom is 0.305 e. The van der Waals surface area contributed by atoms with Crippen LogP contribution in [0.5, 0.6) is 0 Å². The minimum absolute atomic E-state index is 0.124. The number of aliphatic hydroxyl groups excluding tert-OH is 1. The van der Waals surface area contributed by atoms with Crippen LogP contribution in [-0.4, -0.2) is 43.3 Å². The molecule has 0 spiro atoms. The van der Waals surface area contributed by atoms with E-state index in [0.717, 1.165) is 20.0 Å². The van der Waals surface area contributed by atoms with Gasteiger partial charge in [0.1, 0.15) is 5.78 Å². The molecule has 0 radical (unpaired) electrons. The van der Waals surface area contributed by atoms with Gasteiger partial charge in [-0.25, -0.2) is 0 Å². The van der Waals surface area contributed by atoms with Gasteiger partial charge in [-0.3, -0.25) is 9.59 Å². The highest BCUT2D eigenvalue weighted by molar-refractivity contribution is 7.19. The van der Waals surface area contributed by atoms with Crippen molar-refractivity contribution in [3.8, 4) is 11.8 Å². The first-order valence-corrected chi connectivity index (χ1v) is 13.5. The SMILES string of the molecule is COC(=O)CCCC#CC[C@H]1C(=O)C(C)(C)[C@@H](OC)C1/C=C/C(O)CCc1sc2ccccc2c1Cl. The van der Waals surface area contributed by atoms with Gasteiger partial charge >= 0.3 is 5.97 Å². The highest BCUT2D eigenvalue weighted by atomic mass is 35.5. The summed E-state index contributed by atoms with van der Waals surface area (Å²) in [6.07, 6.45) is 5.93. The number of carbonyl (C=O) groups excluding carboxylic acids is 2. The second-order valence-electron chi connectivity index (χ2n) is 9.74. The van der Waals surface area contributed by atoms with Gasteiger partial charge in [0.25, 0.3) is 0 Å². The van der Waals surface area contributed by atoms with Gasteiger partial charge in [-0.05, 0) is 25.3 Å². The molecule has 1 aromatic carbocycles. The molecule has 0 aliphatic heterocycles. The molecule has 1 heterocycles. The first kappa shape index (κ1) is 28.4. The van der Waals surface area contributed by atoms with Crippen LogP contribution in [0.15, 0.2) is 36.4 Å². The minimum atomic E-state index is -0.660. The van der Waals surface area contributed by atoms with Crippen LogP contribution in [0.3, 0.4) is 0 Å². The predicted molar refractivity (Wildman–Crippen MR) is 145 cm³/mol. The molecule has 7 heteroatoms. The lowest BCUT2D eigenvalue weighted by molar-refractivity contribution is -0.140. The standard InChI is InChI=1S/C29H35ClO5S/c1-29(2)27(33)20(11-7-5-6-8-14-25(32)34-3)21(28(29)35-4)17-15-19(31)16-18-24-26(30)22-12-9-10-13-23(22)36-24/h9-10,12-13,15,17,19-21,28,31H,6,8,11,14,16,18H2,1-4H3/b17-15+/t19?,20-,21?,28+/m1/s1. The topological polar surface area (TPSA) is 72.8 Å². The number of hydrogen-bond acceptors (Lipinski definition) is 6. The summed E-state index contributed by atoms with van der Waals surface area (Å²) in [6, 6.07) is 8.04. The molecule has 0 amide bonds. The van der Waals surface area contributed by atoms with E-state index >= 15 is 0 Å². The summed E-state index contributed by atoms with van der Waals surface area (Å²) in [6.45, 7) is 3.82. The Balaban J connectivity index is 1.64. The molecule has 0 bridgehead atoms. The van der Waals surface area contributed by atoms with E-state index < -0.39 is 11.5 Å². The van der Waals surface area contributed by atoms with Crippen molar-refractivity contribution in [2.24, 2.45) is 17.3 Å². The molecule has 1 N–H and O–H groups in total. The zero-order valence-electron chi connectivity index (χ0n) is 21.4. The molecule has 5 nitrogen and oxygen atoms in total. The van der Waals surface area contributed by atoms with Gasteiger partial charge in [0, 0.05) is 53.2 Å². The van der Waals surface area contributed by atoms with Gasteiger partial charge in [0.2, 0.25) is 0 Å². The van der Waals surface area contributed by atoms with Crippen LogP contribution in [0.2, 0.25) is 5.02 Å². The van der Waals surface area contributed by atoms with Crippen molar-refractivity contribution in [3.63, 3.8) is 0 Å². The first-order chi connectivity index (χ1) is 17.2. The van der Waals surface area contributed by atoms with E-state index in [4.69, 9.17) is 16.3 Å². The number of aliphatic hydroxyl groups is 1. The third-order valence-electron chi connectivity index (χ3n) is 6.93. The normalized spacial score (nSPS) is 22.1. The van der Waals surface area contributed by atoms with Crippen molar-refractivity contribution < 1.29 is 24.2 Å². The van der Waals surface area contributed by atoms with Crippen molar-refractivity contribution in [2.75, 3.05) is 14.2 Å². The van der Waals surface area contributed by atoms with Crippen LogP contribution < -0.4 is 0 Å². The highest BCUT2D eigenvalue weighted by Gasteiger charge is 2.54. The van der Waals surface area contributed by atoms with E-state index in [1.54, 1.807) is 24.5 Å². The highest BCUT2D eigenvalue weighted by Crippen LogP contribution is 2.46. The molecule has 1 fully saturated rings. The fourth-order valence-electron chi connectivity index (χ4n) is 4.95. The fraction of sp³-hybridized carbons (Fsp3) is 0.517. The molecule has 2 unspecified atom stereocenters. The van der Waals surface area contributed by atoms with Crippen molar-refractivity contribution in [1.82, 2.24) is 0 Å². The summed E-state index contributed by atoms with van der Waals surface area (Å²) in [5, 5.41) is 12.5. The molecule has 0 saturated heterocycles. The number of halogens is 1. The van der Waals surface area contributed by atoms with Crippen LogP contribution in [0.1, 0.15) is 50.8 Å². The Morgan fingerprint density at radius 1 is 1.28 bits per heavy atom. The number of ketones is 1. The number of fused-ring (bicyclic) bond motifs is 1. The Hall–Kier alpha value is -2.17. The Labute approximate surface area is 222 Å². The number of thiophene rings is 1. The Kier molecular flexibility index (Phi) is 10.2. The number of unbranched alkanes of at least 4 members (excludes halogenated alkanes) is 1. The number of benzene rings is 1. The number of rotatable bonds is 10. The lowest BCUT2D eigenvalue weighted by atomic mass is 9.86. The summed E-state index contributed by atoms with van der Waals surface area (Å²) >= 11 is 8.21. The smallest absolute Gasteiger partial charge is 0.305 e. The van der Waals surface area contributed by atoms with Crippen molar-refractivity contribution in [2.45, 2.75) is 64.6 Å². The first-order valence-electron chi connectivity index (χ1n) is 12.3. The van der Waals surface area contributed by atoms with E-state index in [1.165, 1.54) is 7.11 Å². The lowest BCUT2D eigenvalue weighted by Crippen LogP contribution is -2.33. The number of ether oxygens (including phenoxy) is 2. The van der Waals surface area contributed by atoms with Crippen molar-refractivity contribution in [1.29, 1.82) is 0 Å². The minimum Gasteiger partial charge on any atom is -0.469 e. The maximum atomic E-state index is 13.2. The second-order valence-corrected chi connectivity index (χ2v) is 11.3. The third-order valence-corrected chi connectivity index (χ3v) is 8.71. The van der Waals surface area contributed by atoms with Crippen LogP contribution >= 0.6 is 22.9 Å². The predicted octanol–water partition coefficient (Wildman–Crippen LogP) is 6.00. The number of aryl methyl sites for hydroxylation is 1. The monoisotopic (exact) mass is 530 g/mol. The molecule has 36 heavy (non-hydrogen) atoms. The average molecular weight is 531 g/mol. The summed E-state index contributed by atoms with van der Waals surface area (Å²) in [4.78, 5) is 25.5. The Morgan fingerprint density at radius 2 is 2.03 bits per heavy atom. The molecule has 2 aromatic rings. The van der Waals surface area contributed by atoms with E-state index in [2.05, 4.69) is 22.6 Å². The molecule has 194 valence electrons. The largest absolute Gasteiger partial charge is 0.469 e. The Bertz CT molecular complexity index is 1160. The number of esters is 1. The number of Topliss-reactive ketones (excluding diaryl/α,β-unsaturated/α-hetero) is 1. The molecule has 1 aromatic heterocycles. The zero-order chi connectivity index (χ0) is 26.3. The summed E-state index contributed by atoms with van der Waals surface area (Å²) in [5.74, 6) is 5.60. The van der Waals surface area contributed by atoms with Gasteiger partial charge in [0.05, 0.1) is 29.8 Å². The molecule has 1 saturated carbocycles. The number of hydrogen-bond donors (Lipinski definition) is 1. The summed E-state index contributed by atoms with van der Waals surface area (Å²) < 4.78 is 11.6. The molecular weight excluding hydrogens is 496 g/mol. The number of carbonyl (C=O) groups is 2. The van der Waals surface area contributed by atoms with Crippen molar-refractivity contribution in [3.05, 3.63) is 46.3 Å². The molecular formula is C29H35ClO5S. The average Bonchev–Trinajstić information content (AvgIpc) is 3.28. The second kappa shape index (κ2) is 12.9. The van der Waals surface area contributed by atoms with Crippen LogP contribution in [-0.2, 0) is 25.5 Å². The van der Waals surface area contributed by atoms with Crippen LogP contribution in [0.4, 0.5) is 0 Å². The van der Waals surface area contributed by atoms with Gasteiger partial charge in [-0.2, -0.15) is 0 Å². The van der Waals surface area contributed by atoms with Gasteiger partial charge in [0.15, 0.2) is 0 Å². The van der Waals surface area contributed by atoms with E-state index in [-0.39, 0.29) is 29.7 Å². The molecule has 3 rings (SSSR count). The van der Waals surface area contributed by atoms with Crippen molar-refractivity contribution >= 4 is 44.8 Å². The van der Waals surface area contributed by atoms with Gasteiger partial charge in [-0.1, -0.05) is 55.8 Å². The molecule has 4 atom stereocenters. The third kappa shape index (κ3) is 6.58. The fourth-order valence-corrected chi connectivity index (χ4v) is 6.49. The quantitative estimate of drug-likeness (QED) is 0.176. The van der Waals surface area contributed by atoms with Gasteiger partial charge in [-0.15, -0.1) is 23.2 Å².